The molecule has 1 saturated heterocycles. The molecule has 2 N–H and O–H groups in total. The first kappa shape index (κ1) is 14.9. The average Bonchev–Trinajstić information content (AvgIpc) is 3.11. The lowest BCUT2D eigenvalue weighted by atomic mass is 10.3. The molecule has 1 aliphatic carbocycles. The minimum atomic E-state index is 0.596. The number of piperazine rings is 1. The maximum atomic E-state index is 5.61. The van der Waals surface area contributed by atoms with Crippen LogP contribution in [-0.4, -0.2) is 57.3 Å². The SMILES string of the molecule is NC(=S)CN1CCN(Cc2ccn(C3CCCC3)n2)CC1. The third-order valence-electron chi connectivity index (χ3n) is 4.59. The fourth-order valence-corrected chi connectivity index (χ4v) is 3.57. The Labute approximate surface area is 132 Å². The first-order valence-electron chi connectivity index (χ1n) is 7.98. The second kappa shape index (κ2) is 6.85. The quantitative estimate of drug-likeness (QED) is 0.834. The number of aromatic nitrogens is 2. The zero-order chi connectivity index (χ0) is 14.7. The van der Waals surface area contributed by atoms with E-state index in [1.165, 1.54) is 31.4 Å². The minimum Gasteiger partial charge on any atom is -0.392 e. The van der Waals surface area contributed by atoms with E-state index in [1.54, 1.807) is 0 Å². The topological polar surface area (TPSA) is 50.3 Å². The van der Waals surface area contributed by atoms with Crippen molar-refractivity contribution in [2.75, 3.05) is 32.7 Å². The molecule has 0 bridgehead atoms. The van der Waals surface area contributed by atoms with Crippen molar-refractivity contribution in [1.29, 1.82) is 0 Å². The molecular weight excluding hydrogens is 282 g/mol. The summed E-state index contributed by atoms with van der Waals surface area (Å²) in [6.45, 7) is 5.93. The summed E-state index contributed by atoms with van der Waals surface area (Å²) in [7, 11) is 0. The Bertz CT molecular complexity index is 472. The highest BCUT2D eigenvalue weighted by molar-refractivity contribution is 7.80. The van der Waals surface area contributed by atoms with Gasteiger partial charge in [-0.3, -0.25) is 14.5 Å². The molecule has 1 saturated carbocycles. The van der Waals surface area contributed by atoms with Crippen molar-refractivity contribution in [1.82, 2.24) is 19.6 Å². The lowest BCUT2D eigenvalue weighted by Gasteiger charge is -2.33. The van der Waals surface area contributed by atoms with Gasteiger partial charge < -0.3 is 5.73 Å². The highest BCUT2D eigenvalue weighted by Gasteiger charge is 2.20. The first-order valence-corrected chi connectivity index (χ1v) is 8.38. The molecule has 0 unspecified atom stereocenters. The highest BCUT2D eigenvalue weighted by Crippen LogP contribution is 2.28. The van der Waals surface area contributed by atoms with Gasteiger partial charge in [-0.15, -0.1) is 0 Å². The first-order chi connectivity index (χ1) is 10.2. The molecule has 2 fully saturated rings. The molecule has 1 aromatic rings. The molecule has 0 atom stereocenters. The van der Waals surface area contributed by atoms with Gasteiger partial charge in [0.15, 0.2) is 0 Å². The van der Waals surface area contributed by atoms with E-state index in [2.05, 4.69) is 26.7 Å². The standard InChI is InChI=1S/C15H25N5S/c16-15(21)12-19-9-7-18(8-10-19)11-13-5-6-20(17-13)14-3-1-2-4-14/h5-6,14H,1-4,7-12H2,(H2,16,21). The van der Waals surface area contributed by atoms with Crippen molar-refractivity contribution in [3.8, 4) is 0 Å². The van der Waals surface area contributed by atoms with Gasteiger partial charge in [-0.25, -0.2) is 0 Å². The fourth-order valence-electron chi connectivity index (χ4n) is 3.39. The monoisotopic (exact) mass is 307 g/mol. The molecule has 0 spiro atoms. The molecule has 5 nitrogen and oxygen atoms in total. The van der Waals surface area contributed by atoms with Gasteiger partial charge in [0.2, 0.25) is 0 Å². The summed E-state index contributed by atoms with van der Waals surface area (Å²) in [4.78, 5) is 5.40. The predicted molar refractivity (Wildman–Crippen MR) is 88.2 cm³/mol. The number of hydrogen-bond acceptors (Lipinski definition) is 4. The zero-order valence-corrected chi connectivity index (χ0v) is 13.4. The van der Waals surface area contributed by atoms with Gasteiger partial charge in [-0.05, 0) is 18.9 Å². The van der Waals surface area contributed by atoms with Gasteiger partial charge in [0.1, 0.15) is 0 Å². The number of hydrogen-bond donors (Lipinski definition) is 1. The smallest absolute Gasteiger partial charge is 0.0870 e. The maximum Gasteiger partial charge on any atom is 0.0870 e. The van der Waals surface area contributed by atoms with Crippen LogP contribution >= 0.6 is 12.2 Å². The number of rotatable bonds is 5. The minimum absolute atomic E-state index is 0.596. The Balaban J connectivity index is 1.48. The second-order valence-corrected chi connectivity index (χ2v) is 6.77. The Hall–Kier alpha value is -0.980. The molecule has 1 aliphatic heterocycles. The van der Waals surface area contributed by atoms with Crippen LogP contribution < -0.4 is 5.73 Å². The van der Waals surface area contributed by atoms with Gasteiger partial charge in [0, 0.05) is 45.5 Å². The molecule has 2 aliphatic rings. The third kappa shape index (κ3) is 4.02. The lowest BCUT2D eigenvalue weighted by molar-refractivity contribution is 0.138. The highest BCUT2D eigenvalue weighted by atomic mass is 32.1. The van der Waals surface area contributed by atoms with Crippen molar-refractivity contribution in [2.45, 2.75) is 38.3 Å². The molecule has 0 amide bonds. The zero-order valence-electron chi connectivity index (χ0n) is 12.6. The number of nitrogens with zero attached hydrogens (tertiary/aromatic N) is 4. The van der Waals surface area contributed by atoms with Gasteiger partial charge in [0.05, 0.1) is 16.7 Å². The van der Waals surface area contributed by atoms with Gasteiger partial charge in [0.25, 0.3) is 0 Å². The van der Waals surface area contributed by atoms with Crippen molar-refractivity contribution >= 4 is 17.2 Å². The predicted octanol–water partition coefficient (Wildman–Crippen LogP) is 1.40. The Morgan fingerprint density at radius 1 is 1.19 bits per heavy atom. The van der Waals surface area contributed by atoms with Crippen LogP contribution in [0.4, 0.5) is 0 Å². The van der Waals surface area contributed by atoms with Crippen molar-refractivity contribution in [2.24, 2.45) is 5.73 Å². The van der Waals surface area contributed by atoms with Gasteiger partial charge in [-0.1, -0.05) is 25.1 Å². The van der Waals surface area contributed by atoms with E-state index < -0.39 is 0 Å². The largest absolute Gasteiger partial charge is 0.392 e. The molecule has 6 heteroatoms. The maximum absolute atomic E-state index is 5.61. The summed E-state index contributed by atoms with van der Waals surface area (Å²) in [6, 6.07) is 2.82. The molecule has 0 aromatic carbocycles. The van der Waals surface area contributed by atoms with Crippen LogP contribution in [0.5, 0.6) is 0 Å². The van der Waals surface area contributed by atoms with Crippen molar-refractivity contribution < 1.29 is 0 Å². The van der Waals surface area contributed by atoms with Crippen LogP contribution in [-0.2, 0) is 6.54 Å². The van der Waals surface area contributed by atoms with Crippen LogP contribution in [0.25, 0.3) is 0 Å². The van der Waals surface area contributed by atoms with E-state index in [-0.39, 0.29) is 0 Å². The molecule has 3 rings (SSSR count). The van der Waals surface area contributed by atoms with Gasteiger partial charge >= 0.3 is 0 Å². The van der Waals surface area contributed by atoms with E-state index in [9.17, 15) is 0 Å². The average molecular weight is 307 g/mol. The summed E-state index contributed by atoms with van der Waals surface area (Å²) in [5, 5.41) is 4.77. The van der Waals surface area contributed by atoms with E-state index in [0.29, 0.717) is 11.0 Å². The van der Waals surface area contributed by atoms with Crippen LogP contribution in [0.3, 0.4) is 0 Å². The molecular formula is C15H25N5S. The van der Waals surface area contributed by atoms with E-state index in [1.807, 2.05) is 0 Å². The molecule has 0 radical (unpaired) electrons. The van der Waals surface area contributed by atoms with E-state index >= 15 is 0 Å². The Morgan fingerprint density at radius 2 is 1.86 bits per heavy atom. The Kier molecular flexibility index (Phi) is 4.87. The van der Waals surface area contributed by atoms with Gasteiger partial charge in [-0.2, -0.15) is 5.10 Å². The fraction of sp³-hybridized carbons (Fsp3) is 0.733. The van der Waals surface area contributed by atoms with Crippen LogP contribution in [0, 0.1) is 0 Å². The normalized spacial score (nSPS) is 21.9. The summed E-state index contributed by atoms with van der Waals surface area (Å²) in [5.74, 6) is 0. The summed E-state index contributed by atoms with van der Waals surface area (Å²) in [6.07, 6.45) is 7.45. The van der Waals surface area contributed by atoms with E-state index in [4.69, 9.17) is 23.1 Å². The number of thiocarbonyl (C=S) groups is 1. The van der Waals surface area contributed by atoms with Crippen molar-refractivity contribution in [3.63, 3.8) is 0 Å². The van der Waals surface area contributed by atoms with Crippen molar-refractivity contribution in [3.05, 3.63) is 18.0 Å². The second-order valence-electron chi connectivity index (χ2n) is 6.24. The number of nitrogens with two attached hydrogens (primary N) is 1. The molecule has 21 heavy (non-hydrogen) atoms. The summed E-state index contributed by atoms with van der Waals surface area (Å²) < 4.78 is 2.19. The lowest BCUT2D eigenvalue weighted by Crippen LogP contribution is -2.48. The Morgan fingerprint density at radius 3 is 2.52 bits per heavy atom. The molecule has 1 aromatic heterocycles. The molecule has 116 valence electrons. The molecule has 2 heterocycles. The van der Waals surface area contributed by atoms with Crippen LogP contribution in [0.1, 0.15) is 37.4 Å². The van der Waals surface area contributed by atoms with Crippen LogP contribution in [0.15, 0.2) is 12.3 Å². The van der Waals surface area contributed by atoms with E-state index in [0.717, 1.165) is 39.3 Å². The third-order valence-corrected chi connectivity index (χ3v) is 4.72. The van der Waals surface area contributed by atoms with Crippen LogP contribution in [0.2, 0.25) is 0 Å². The summed E-state index contributed by atoms with van der Waals surface area (Å²) in [5.41, 5.74) is 6.81. The summed E-state index contributed by atoms with van der Waals surface area (Å²) >= 11 is 4.98.